The summed E-state index contributed by atoms with van der Waals surface area (Å²) in [5.74, 6) is -0.128. The Morgan fingerprint density at radius 3 is 2.92 bits per heavy atom. The van der Waals surface area contributed by atoms with E-state index in [1.807, 2.05) is 19.1 Å². The van der Waals surface area contributed by atoms with Gasteiger partial charge >= 0.3 is 0 Å². The zero-order valence-corrected chi connectivity index (χ0v) is 13.6. The molecule has 122 valence electrons. The number of nitrogens with zero attached hydrogens (tertiary/aromatic N) is 1. The van der Waals surface area contributed by atoms with E-state index in [2.05, 4.69) is 51.2 Å². The van der Waals surface area contributed by atoms with E-state index in [0.717, 1.165) is 29.8 Å². The Hall–Kier alpha value is -2.66. The minimum Gasteiger partial charge on any atom is -0.344 e. The lowest BCUT2D eigenvalue weighted by molar-refractivity contribution is 0.0933. The molecule has 0 radical (unpaired) electrons. The Morgan fingerprint density at radius 1 is 1.21 bits per heavy atom. The van der Waals surface area contributed by atoms with E-state index in [4.69, 9.17) is 0 Å². The Morgan fingerprint density at radius 2 is 2.04 bits per heavy atom. The van der Waals surface area contributed by atoms with Crippen LogP contribution in [-0.2, 0) is 13.0 Å². The molecule has 2 heterocycles. The van der Waals surface area contributed by atoms with Crippen LogP contribution in [0.5, 0.6) is 0 Å². The first-order valence-corrected chi connectivity index (χ1v) is 8.29. The Bertz CT molecular complexity index is 899. The molecular weight excluding hydrogens is 300 g/mol. The Balaban J connectivity index is 1.55. The molecule has 5 heteroatoms. The fourth-order valence-corrected chi connectivity index (χ4v) is 3.24. The van der Waals surface area contributed by atoms with Gasteiger partial charge in [-0.25, -0.2) is 0 Å². The summed E-state index contributed by atoms with van der Waals surface area (Å²) in [4.78, 5) is 12.6. The van der Waals surface area contributed by atoms with Gasteiger partial charge < -0.3 is 10.6 Å². The zero-order valence-electron chi connectivity index (χ0n) is 13.6. The standard InChI is InChI=1S/C19H20N4O/c1-12(14-7-6-13-4-2-3-5-15(13)10-14)21-19(24)18-16-11-20-9-8-17(16)22-23-18/h2-7,10,12,20H,8-9,11H2,1H3,(H,21,24)(H,22,23). The molecule has 1 amide bonds. The number of hydrogen-bond acceptors (Lipinski definition) is 3. The molecule has 0 aliphatic carbocycles. The molecule has 1 aromatic heterocycles. The molecule has 0 bridgehead atoms. The number of aromatic amines is 1. The fourth-order valence-electron chi connectivity index (χ4n) is 3.24. The van der Waals surface area contributed by atoms with E-state index in [-0.39, 0.29) is 11.9 Å². The maximum absolute atomic E-state index is 12.6. The van der Waals surface area contributed by atoms with Gasteiger partial charge in [0, 0.05) is 30.8 Å². The van der Waals surface area contributed by atoms with Crippen LogP contribution < -0.4 is 10.6 Å². The summed E-state index contributed by atoms with van der Waals surface area (Å²) < 4.78 is 0. The highest BCUT2D eigenvalue weighted by molar-refractivity contribution is 5.94. The van der Waals surface area contributed by atoms with E-state index in [9.17, 15) is 4.79 Å². The highest BCUT2D eigenvalue weighted by Crippen LogP contribution is 2.21. The quantitative estimate of drug-likeness (QED) is 0.695. The summed E-state index contributed by atoms with van der Waals surface area (Å²) in [6.45, 7) is 3.61. The Labute approximate surface area is 140 Å². The molecule has 0 fully saturated rings. The zero-order chi connectivity index (χ0) is 16.5. The van der Waals surface area contributed by atoms with Crippen LogP contribution in [0.2, 0.25) is 0 Å². The van der Waals surface area contributed by atoms with E-state index in [1.165, 1.54) is 10.8 Å². The molecular formula is C19H20N4O. The first-order chi connectivity index (χ1) is 11.7. The molecule has 2 aromatic carbocycles. The maximum Gasteiger partial charge on any atom is 0.272 e. The molecule has 1 atom stereocenters. The van der Waals surface area contributed by atoms with Gasteiger partial charge in [-0.05, 0) is 29.3 Å². The van der Waals surface area contributed by atoms with E-state index in [0.29, 0.717) is 12.2 Å². The largest absolute Gasteiger partial charge is 0.344 e. The summed E-state index contributed by atoms with van der Waals surface area (Å²) in [5.41, 5.74) is 3.65. The van der Waals surface area contributed by atoms with Crippen LogP contribution in [0.3, 0.4) is 0 Å². The minimum atomic E-state index is -0.128. The van der Waals surface area contributed by atoms with Gasteiger partial charge in [0.05, 0.1) is 6.04 Å². The normalized spacial score (nSPS) is 15.0. The van der Waals surface area contributed by atoms with Gasteiger partial charge in [-0.3, -0.25) is 9.89 Å². The lowest BCUT2D eigenvalue weighted by Gasteiger charge is -2.16. The topological polar surface area (TPSA) is 69.8 Å². The fraction of sp³-hybridized carbons (Fsp3) is 0.263. The third-order valence-electron chi connectivity index (χ3n) is 4.64. The average Bonchev–Trinajstić information content (AvgIpc) is 3.05. The molecule has 3 aromatic rings. The van der Waals surface area contributed by atoms with Crippen LogP contribution in [0, 0.1) is 0 Å². The van der Waals surface area contributed by atoms with Gasteiger partial charge in [0.15, 0.2) is 5.69 Å². The van der Waals surface area contributed by atoms with Crippen molar-refractivity contribution in [1.82, 2.24) is 20.8 Å². The second-order valence-electron chi connectivity index (χ2n) is 6.26. The first-order valence-electron chi connectivity index (χ1n) is 8.29. The SMILES string of the molecule is CC(NC(=O)c1n[nH]c2c1CNCC2)c1ccc2ccccc2c1. The van der Waals surface area contributed by atoms with Gasteiger partial charge in [-0.1, -0.05) is 36.4 Å². The van der Waals surface area contributed by atoms with Gasteiger partial charge in [0.1, 0.15) is 0 Å². The van der Waals surface area contributed by atoms with Gasteiger partial charge in [0.25, 0.3) is 5.91 Å². The molecule has 0 saturated carbocycles. The van der Waals surface area contributed by atoms with Crippen molar-refractivity contribution in [2.45, 2.75) is 25.9 Å². The van der Waals surface area contributed by atoms with Crippen molar-refractivity contribution in [1.29, 1.82) is 0 Å². The van der Waals surface area contributed by atoms with Crippen LogP contribution in [0.25, 0.3) is 10.8 Å². The summed E-state index contributed by atoms with van der Waals surface area (Å²) in [6.07, 6.45) is 0.885. The number of hydrogen-bond donors (Lipinski definition) is 3. The molecule has 1 unspecified atom stereocenters. The highest BCUT2D eigenvalue weighted by Gasteiger charge is 2.22. The van der Waals surface area contributed by atoms with Crippen LogP contribution in [0.15, 0.2) is 42.5 Å². The van der Waals surface area contributed by atoms with Crippen molar-refractivity contribution < 1.29 is 4.79 Å². The lowest BCUT2D eigenvalue weighted by atomic mass is 10.0. The highest BCUT2D eigenvalue weighted by atomic mass is 16.2. The Kier molecular flexibility index (Phi) is 3.78. The van der Waals surface area contributed by atoms with Gasteiger partial charge in [0.2, 0.25) is 0 Å². The molecule has 1 aliphatic heterocycles. The van der Waals surface area contributed by atoms with E-state index >= 15 is 0 Å². The lowest BCUT2D eigenvalue weighted by Crippen LogP contribution is -2.30. The van der Waals surface area contributed by atoms with Crippen LogP contribution in [0.4, 0.5) is 0 Å². The summed E-state index contributed by atoms with van der Waals surface area (Å²) in [5, 5.41) is 15.9. The number of benzene rings is 2. The van der Waals surface area contributed by atoms with Crippen molar-refractivity contribution in [3.63, 3.8) is 0 Å². The summed E-state index contributed by atoms with van der Waals surface area (Å²) in [6, 6.07) is 14.4. The minimum absolute atomic E-state index is 0.0778. The van der Waals surface area contributed by atoms with Crippen LogP contribution >= 0.6 is 0 Å². The van der Waals surface area contributed by atoms with Crippen LogP contribution in [-0.4, -0.2) is 22.6 Å². The second-order valence-corrected chi connectivity index (χ2v) is 6.26. The van der Waals surface area contributed by atoms with Gasteiger partial charge in [-0.15, -0.1) is 0 Å². The molecule has 5 nitrogen and oxygen atoms in total. The molecule has 0 saturated heterocycles. The number of carbonyl (C=O) groups excluding carboxylic acids is 1. The first kappa shape index (κ1) is 14.9. The average molecular weight is 320 g/mol. The number of amides is 1. The second kappa shape index (κ2) is 6.09. The number of fused-ring (bicyclic) bond motifs is 2. The van der Waals surface area contributed by atoms with E-state index < -0.39 is 0 Å². The molecule has 24 heavy (non-hydrogen) atoms. The molecule has 4 rings (SSSR count). The van der Waals surface area contributed by atoms with Crippen LogP contribution in [0.1, 0.15) is 40.3 Å². The summed E-state index contributed by atoms with van der Waals surface area (Å²) >= 11 is 0. The monoisotopic (exact) mass is 320 g/mol. The number of aromatic nitrogens is 2. The predicted molar refractivity (Wildman–Crippen MR) is 93.8 cm³/mol. The summed E-state index contributed by atoms with van der Waals surface area (Å²) in [7, 11) is 0. The number of nitrogens with one attached hydrogen (secondary N) is 3. The molecule has 3 N–H and O–H groups in total. The third kappa shape index (κ3) is 2.67. The third-order valence-corrected chi connectivity index (χ3v) is 4.64. The number of H-pyrrole nitrogens is 1. The molecule has 0 spiro atoms. The number of carbonyl (C=O) groups is 1. The van der Waals surface area contributed by atoms with Crippen molar-refractivity contribution >= 4 is 16.7 Å². The van der Waals surface area contributed by atoms with Crippen molar-refractivity contribution in [2.24, 2.45) is 0 Å². The maximum atomic E-state index is 12.6. The van der Waals surface area contributed by atoms with Crippen molar-refractivity contribution in [3.8, 4) is 0 Å². The van der Waals surface area contributed by atoms with Crippen molar-refractivity contribution in [3.05, 3.63) is 65.0 Å². The van der Waals surface area contributed by atoms with Crippen molar-refractivity contribution in [2.75, 3.05) is 6.54 Å². The smallest absolute Gasteiger partial charge is 0.272 e. The van der Waals surface area contributed by atoms with E-state index in [1.54, 1.807) is 0 Å². The predicted octanol–water partition coefficient (Wildman–Crippen LogP) is 2.70. The van der Waals surface area contributed by atoms with Gasteiger partial charge in [-0.2, -0.15) is 5.10 Å². The molecule has 1 aliphatic rings. The number of rotatable bonds is 3.